The van der Waals surface area contributed by atoms with E-state index in [-0.39, 0.29) is 18.7 Å². The molecule has 17 heavy (non-hydrogen) atoms. The summed E-state index contributed by atoms with van der Waals surface area (Å²) >= 11 is 3.36. The molecular formula is C12H14BrNO3. The molecule has 1 rings (SSSR count). The Balaban J connectivity index is 2.51. The maximum atomic E-state index is 11.6. The highest BCUT2D eigenvalue weighted by molar-refractivity contribution is 9.10. The standard InChI is InChI=1S/C12H14BrNO3/c1-14(11(15)5-6-12(16)17)8-9-3-2-4-10(13)7-9/h2-4,7H,5-6,8H2,1H3,(H,16,17). The van der Waals surface area contributed by atoms with Gasteiger partial charge in [-0.05, 0) is 17.7 Å². The predicted molar refractivity (Wildman–Crippen MR) is 67.5 cm³/mol. The minimum Gasteiger partial charge on any atom is -0.481 e. The van der Waals surface area contributed by atoms with E-state index in [9.17, 15) is 9.59 Å². The summed E-state index contributed by atoms with van der Waals surface area (Å²) in [5, 5.41) is 8.49. The maximum Gasteiger partial charge on any atom is 0.303 e. The summed E-state index contributed by atoms with van der Waals surface area (Å²) in [5.41, 5.74) is 1.01. The van der Waals surface area contributed by atoms with E-state index in [0.29, 0.717) is 6.54 Å². The summed E-state index contributed by atoms with van der Waals surface area (Å²) in [5.74, 6) is -1.11. The normalized spacial score (nSPS) is 10.0. The molecule has 1 aromatic rings. The van der Waals surface area contributed by atoms with Gasteiger partial charge in [-0.1, -0.05) is 28.1 Å². The highest BCUT2D eigenvalue weighted by Gasteiger charge is 2.11. The van der Waals surface area contributed by atoms with Crippen molar-refractivity contribution in [3.05, 3.63) is 34.3 Å². The molecule has 0 saturated heterocycles. The van der Waals surface area contributed by atoms with Gasteiger partial charge in [0.25, 0.3) is 0 Å². The van der Waals surface area contributed by atoms with Crippen molar-refractivity contribution in [2.24, 2.45) is 0 Å². The Morgan fingerprint density at radius 2 is 2.06 bits per heavy atom. The number of aliphatic carboxylic acids is 1. The molecule has 0 atom stereocenters. The Morgan fingerprint density at radius 1 is 1.35 bits per heavy atom. The van der Waals surface area contributed by atoms with Crippen molar-refractivity contribution in [3.63, 3.8) is 0 Å². The monoisotopic (exact) mass is 299 g/mol. The van der Waals surface area contributed by atoms with Gasteiger partial charge in [-0.3, -0.25) is 9.59 Å². The fraction of sp³-hybridized carbons (Fsp3) is 0.333. The molecule has 0 fully saturated rings. The number of hydrogen-bond donors (Lipinski definition) is 1. The average Bonchev–Trinajstić information content (AvgIpc) is 2.25. The van der Waals surface area contributed by atoms with Gasteiger partial charge in [-0.25, -0.2) is 0 Å². The van der Waals surface area contributed by atoms with Gasteiger partial charge in [0.1, 0.15) is 0 Å². The van der Waals surface area contributed by atoms with Crippen LogP contribution in [0.25, 0.3) is 0 Å². The van der Waals surface area contributed by atoms with Gasteiger partial charge < -0.3 is 10.0 Å². The van der Waals surface area contributed by atoms with E-state index in [0.717, 1.165) is 10.0 Å². The van der Waals surface area contributed by atoms with Gasteiger partial charge in [-0.2, -0.15) is 0 Å². The number of carbonyl (C=O) groups excluding carboxylic acids is 1. The molecule has 0 aliphatic heterocycles. The van der Waals surface area contributed by atoms with Gasteiger partial charge in [0, 0.05) is 24.5 Å². The molecule has 0 spiro atoms. The number of amides is 1. The van der Waals surface area contributed by atoms with Crippen LogP contribution in [0, 0.1) is 0 Å². The minimum atomic E-state index is -0.950. The topological polar surface area (TPSA) is 57.6 Å². The van der Waals surface area contributed by atoms with E-state index in [1.54, 1.807) is 7.05 Å². The van der Waals surface area contributed by atoms with Crippen LogP contribution >= 0.6 is 15.9 Å². The molecule has 0 bridgehead atoms. The Labute approximate surface area is 108 Å². The molecule has 0 aliphatic rings. The van der Waals surface area contributed by atoms with Gasteiger partial charge >= 0.3 is 5.97 Å². The van der Waals surface area contributed by atoms with E-state index in [1.165, 1.54) is 4.90 Å². The number of carboxylic acid groups (broad SMARTS) is 1. The van der Waals surface area contributed by atoms with Crippen molar-refractivity contribution in [2.45, 2.75) is 19.4 Å². The van der Waals surface area contributed by atoms with Crippen LogP contribution in [0.5, 0.6) is 0 Å². The Hall–Kier alpha value is -1.36. The molecule has 4 nitrogen and oxygen atoms in total. The van der Waals surface area contributed by atoms with E-state index in [4.69, 9.17) is 5.11 Å². The second-order valence-corrected chi connectivity index (χ2v) is 4.69. The van der Waals surface area contributed by atoms with Gasteiger partial charge in [0.15, 0.2) is 0 Å². The van der Waals surface area contributed by atoms with Gasteiger partial charge in [0.05, 0.1) is 6.42 Å². The SMILES string of the molecule is CN(Cc1cccc(Br)c1)C(=O)CCC(=O)O. The molecule has 0 radical (unpaired) electrons. The zero-order valence-corrected chi connectivity index (χ0v) is 11.1. The number of rotatable bonds is 5. The van der Waals surface area contributed by atoms with Crippen molar-refractivity contribution in [1.29, 1.82) is 0 Å². The summed E-state index contributed by atoms with van der Waals surface area (Å²) in [6.45, 7) is 0.484. The fourth-order valence-electron chi connectivity index (χ4n) is 1.40. The van der Waals surface area contributed by atoms with Crippen LogP contribution < -0.4 is 0 Å². The lowest BCUT2D eigenvalue weighted by molar-refractivity contribution is -0.140. The number of carboxylic acids is 1. The minimum absolute atomic E-state index is 0.0415. The van der Waals surface area contributed by atoms with E-state index >= 15 is 0 Å². The van der Waals surface area contributed by atoms with Crippen molar-refractivity contribution in [3.8, 4) is 0 Å². The van der Waals surface area contributed by atoms with Crippen LogP contribution in [0.15, 0.2) is 28.7 Å². The summed E-state index contributed by atoms with van der Waals surface area (Å²) in [6, 6.07) is 7.66. The molecule has 0 unspecified atom stereocenters. The van der Waals surface area contributed by atoms with Crippen LogP contribution in [0.1, 0.15) is 18.4 Å². The summed E-state index contributed by atoms with van der Waals surface area (Å²) in [7, 11) is 1.67. The Morgan fingerprint density at radius 3 is 2.65 bits per heavy atom. The lowest BCUT2D eigenvalue weighted by Crippen LogP contribution is -2.26. The smallest absolute Gasteiger partial charge is 0.303 e. The highest BCUT2D eigenvalue weighted by Crippen LogP contribution is 2.13. The third-order valence-corrected chi connectivity index (χ3v) is 2.78. The van der Waals surface area contributed by atoms with Crippen molar-refractivity contribution < 1.29 is 14.7 Å². The number of hydrogen-bond acceptors (Lipinski definition) is 2. The van der Waals surface area contributed by atoms with Crippen LogP contribution in [-0.2, 0) is 16.1 Å². The molecule has 0 saturated carbocycles. The number of halogens is 1. The third-order valence-electron chi connectivity index (χ3n) is 2.29. The maximum absolute atomic E-state index is 11.6. The predicted octanol–water partition coefficient (Wildman–Crippen LogP) is 2.27. The zero-order valence-electron chi connectivity index (χ0n) is 9.52. The Bertz CT molecular complexity index is 420. The molecule has 1 N–H and O–H groups in total. The number of carbonyl (C=O) groups is 2. The van der Waals surface area contributed by atoms with Crippen molar-refractivity contribution in [1.82, 2.24) is 4.90 Å². The summed E-state index contributed by atoms with van der Waals surface area (Å²) in [6.07, 6.45) is -0.0819. The van der Waals surface area contributed by atoms with Gasteiger partial charge in [0.2, 0.25) is 5.91 Å². The quantitative estimate of drug-likeness (QED) is 0.907. The molecular weight excluding hydrogens is 286 g/mol. The molecule has 1 aromatic carbocycles. The third kappa shape index (κ3) is 4.99. The van der Waals surface area contributed by atoms with Crippen molar-refractivity contribution in [2.75, 3.05) is 7.05 Å². The number of nitrogens with zero attached hydrogens (tertiary/aromatic N) is 1. The van der Waals surface area contributed by atoms with Crippen LogP contribution in [0.2, 0.25) is 0 Å². The number of benzene rings is 1. The molecule has 0 aromatic heterocycles. The van der Waals surface area contributed by atoms with E-state index < -0.39 is 5.97 Å². The zero-order chi connectivity index (χ0) is 12.8. The fourth-order valence-corrected chi connectivity index (χ4v) is 1.85. The molecule has 0 heterocycles. The van der Waals surface area contributed by atoms with E-state index in [1.807, 2.05) is 24.3 Å². The van der Waals surface area contributed by atoms with E-state index in [2.05, 4.69) is 15.9 Å². The second-order valence-electron chi connectivity index (χ2n) is 3.77. The van der Waals surface area contributed by atoms with Crippen molar-refractivity contribution >= 4 is 27.8 Å². The molecule has 92 valence electrons. The lowest BCUT2D eigenvalue weighted by atomic mass is 10.2. The van der Waals surface area contributed by atoms with Gasteiger partial charge in [-0.15, -0.1) is 0 Å². The molecule has 0 aliphatic carbocycles. The van der Waals surface area contributed by atoms with Crippen LogP contribution in [0.3, 0.4) is 0 Å². The summed E-state index contributed by atoms with van der Waals surface area (Å²) < 4.78 is 0.960. The average molecular weight is 300 g/mol. The molecule has 1 amide bonds. The first-order valence-electron chi connectivity index (χ1n) is 5.19. The first kappa shape index (κ1) is 13.7. The summed E-state index contributed by atoms with van der Waals surface area (Å²) in [4.78, 5) is 23.5. The second kappa shape index (κ2) is 6.39. The lowest BCUT2D eigenvalue weighted by Gasteiger charge is -2.16. The van der Waals surface area contributed by atoms with Crippen LogP contribution in [-0.4, -0.2) is 28.9 Å². The Kier molecular flexibility index (Phi) is 5.15. The largest absolute Gasteiger partial charge is 0.481 e. The van der Waals surface area contributed by atoms with Crippen LogP contribution in [0.4, 0.5) is 0 Å². The first-order valence-corrected chi connectivity index (χ1v) is 5.98. The first-order chi connectivity index (χ1) is 7.99. The molecule has 5 heteroatoms. The highest BCUT2D eigenvalue weighted by atomic mass is 79.9.